The predicted octanol–water partition coefficient (Wildman–Crippen LogP) is 4.55. The Balaban J connectivity index is 1.68. The Labute approximate surface area is 237 Å². The van der Waals surface area contributed by atoms with Crippen LogP contribution in [0.15, 0.2) is 44.3 Å². The second kappa shape index (κ2) is 14.1. The Bertz CT molecular complexity index is 1220. The van der Waals surface area contributed by atoms with Gasteiger partial charge in [-0.05, 0) is 60.0 Å². The van der Waals surface area contributed by atoms with E-state index in [0.717, 1.165) is 38.1 Å². The maximum atomic E-state index is 12.8. The number of phenols is 2. The molecule has 1 heterocycles. The number of carbonyl (C=O) groups is 3. The molecule has 0 aliphatic carbocycles. The van der Waals surface area contributed by atoms with Crippen LogP contribution >= 0.6 is 31.9 Å². The monoisotopic (exact) mass is 652 g/mol. The van der Waals surface area contributed by atoms with Crippen molar-refractivity contribution in [3.63, 3.8) is 0 Å². The molecule has 0 spiro atoms. The lowest BCUT2D eigenvalue weighted by Gasteiger charge is -2.21. The zero-order chi connectivity index (χ0) is 27.7. The lowest BCUT2D eigenvalue weighted by molar-refractivity contribution is -0.143. The molecule has 2 amide bonds. The van der Waals surface area contributed by atoms with Crippen LogP contribution in [-0.2, 0) is 14.3 Å². The maximum Gasteiger partial charge on any atom is 0.308 e. The Kier molecular flexibility index (Phi) is 11.0. The number of amides is 2. The van der Waals surface area contributed by atoms with E-state index < -0.39 is 30.4 Å². The van der Waals surface area contributed by atoms with Crippen molar-refractivity contribution in [2.75, 3.05) is 25.0 Å². The van der Waals surface area contributed by atoms with E-state index >= 15 is 0 Å². The molecule has 2 aromatic carbocycles. The first-order chi connectivity index (χ1) is 18.2. The summed E-state index contributed by atoms with van der Waals surface area (Å²) in [5.74, 6) is -1.16. The first kappa shape index (κ1) is 29.4. The minimum atomic E-state index is -0.913. The van der Waals surface area contributed by atoms with Gasteiger partial charge in [0.2, 0.25) is 5.91 Å². The Morgan fingerprint density at radius 3 is 2.63 bits per heavy atom. The van der Waals surface area contributed by atoms with Crippen LogP contribution in [0.1, 0.15) is 61.0 Å². The highest BCUT2D eigenvalue weighted by Crippen LogP contribution is 2.36. The number of nitrogens with zero attached hydrogens (tertiary/aromatic N) is 1. The van der Waals surface area contributed by atoms with Crippen molar-refractivity contribution in [1.82, 2.24) is 10.6 Å². The highest BCUT2D eigenvalue weighted by Gasteiger charge is 2.24. The number of ether oxygens (including phenoxy) is 1. The van der Waals surface area contributed by atoms with Crippen molar-refractivity contribution in [3.05, 3.63) is 50.4 Å². The number of amidine groups is 1. The normalized spacial score (nSPS) is 14.0. The van der Waals surface area contributed by atoms with Gasteiger partial charge >= 0.3 is 5.97 Å². The fourth-order valence-corrected chi connectivity index (χ4v) is 5.20. The summed E-state index contributed by atoms with van der Waals surface area (Å²) in [6, 6.07) is 6.67. The minimum Gasteiger partial charge on any atom is -0.508 e. The van der Waals surface area contributed by atoms with E-state index in [1.807, 2.05) is 0 Å². The molecule has 0 radical (unpaired) electrons. The number of benzene rings is 2. The van der Waals surface area contributed by atoms with Gasteiger partial charge in [0.1, 0.15) is 17.3 Å². The number of nitrogens with one attached hydrogen (secondary N) is 3. The van der Waals surface area contributed by atoms with Crippen LogP contribution in [0.4, 0.5) is 5.69 Å². The van der Waals surface area contributed by atoms with Crippen LogP contribution in [0.25, 0.3) is 0 Å². The molecule has 0 aromatic heterocycles. The van der Waals surface area contributed by atoms with Crippen LogP contribution in [-0.4, -0.2) is 53.5 Å². The first-order valence-corrected chi connectivity index (χ1v) is 13.8. The van der Waals surface area contributed by atoms with E-state index in [9.17, 15) is 24.6 Å². The molecule has 204 valence electrons. The fourth-order valence-electron chi connectivity index (χ4n) is 3.94. The lowest BCUT2D eigenvalue weighted by atomic mass is 10.0. The summed E-state index contributed by atoms with van der Waals surface area (Å²) in [6.45, 7) is 2.16. The van der Waals surface area contributed by atoms with Gasteiger partial charge in [0.15, 0.2) is 0 Å². The summed E-state index contributed by atoms with van der Waals surface area (Å²) < 4.78 is 6.01. The van der Waals surface area contributed by atoms with Gasteiger partial charge in [0.25, 0.3) is 5.91 Å². The highest BCUT2D eigenvalue weighted by atomic mass is 79.9. The van der Waals surface area contributed by atoms with Crippen molar-refractivity contribution in [2.45, 2.75) is 45.1 Å². The van der Waals surface area contributed by atoms with Crippen LogP contribution in [0, 0.1) is 0 Å². The van der Waals surface area contributed by atoms with Crippen LogP contribution in [0.2, 0.25) is 0 Å². The van der Waals surface area contributed by atoms with Gasteiger partial charge in [-0.3, -0.25) is 19.4 Å². The molecule has 0 unspecified atom stereocenters. The Morgan fingerprint density at radius 1 is 1.08 bits per heavy atom. The molecule has 0 saturated carbocycles. The van der Waals surface area contributed by atoms with Gasteiger partial charge in [-0.25, -0.2) is 0 Å². The van der Waals surface area contributed by atoms with Crippen molar-refractivity contribution in [2.24, 2.45) is 4.99 Å². The van der Waals surface area contributed by atoms with Crippen molar-refractivity contribution in [1.29, 1.82) is 0 Å². The molecular weight excluding hydrogens is 624 g/mol. The number of carbonyl (C=O) groups excluding carboxylic acids is 3. The molecule has 0 bridgehead atoms. The number of hydrogen-bond acceptors (Lipinski definition) is 8. The third kappa shape index (κ3) is 8.73. The number of phenolic OH excluding ortho intramolecular Hbond substituents is 2. The van der Waals surface area contributed by atoms with E-state index in [2.05, 4.69) is 52.8 Å². The smallest absolute Gasteiger partial charge is 0.308 e. The van der Waals surface area contributed by atoms with Crippen LogP contribution in [0.3, 0.4) is 0 Å². The van der Waals surface area contributed by atoms with E-state index in [1.165, 1.54) is 12.1 Å². The number of halogens is 2. The third-order valence-corrected chi connectivity index (χ3v) is 6.76. The molecule has 1 aliphatic rings. The SMILES string of the molecule is CCOC(=O)C[C@@H](NC(=O)CNC(=O)c1cc(O)cc(NC2=NCCCCC2)c1)c1cc(Br)cc(Br)c1O. The summed E-state index contributed by atoms with van der Waals surface area (Å²) in [7, 11) is 0. The summed E-state index contributed by atoms with van der Waals surface area (Å²) in [4.78, 5) is 42.2. The molecule has 5 N–H and O–H groups in total. The van der Waals surface area contributed by atoms with Gasteiger partial charge < -0.3 is 30.9 Å². The number of esters is 1. The molecule has 10 nitrogen and oxygen atoms in total. The largest absolute Gasteiger partial charge is 0.508 e. The predicted molar refractivity (Wildman–Crippen MR) is 150 cm³/mol. The summed E-state index contributed by atoms with van der Waals surface area (Å²) >= 11 is 6.59. The Hall–Kier alpha value is -3.12. The van der Waals surface area contributed by atoms with E-state index in [4.69, 9.17) is 4.74 Å². The van der Waals surface area contributed by atoms with E-state index in [1.54, 1.807) is 25.1 Å². The second-order valence-corrected chi connectivity index (χ2v) is 10.4. The number of rotatable bonds is 9. The zero-order valence-corrected chi connectivity index (χ0v) is 24.0. The number of aromatic hydroxyl groups is 2. The molecular formula is C26H30Br2N4O6. The summed E-state index contributed by atoms with van der Waals surface area (Å²) in [5.41, 5.74) is 0.973. The quantitative estimate of drug-likeness (QED) is 0.249. The Morgan fingerprint density at radius 2 is 1.87 bits per heavy atom. The molecule has 2 aromatic rings. The summed E-state index contributed by atoms with van der Waals surface area (Å²) in [6.07, 6.45) is 3.70. The fraction of sp³-hybridized carbons (Fsp3) is 0.385. The van der Waals surface area contributed by atoms with Crippen LogP contribution in [0.5, 0.6) is 11.5 Å². The topological polar surface area (TPSA) is 149 Å². The molecule has 12 heteroatoms. The average Bonchev–Trinajstić information content (AvgIpc) is 3.12. The van der Waals surface area contributed by atoms with Crippen molar-refractivity contribution >= 4 is 61.2 Å². The maximum absolute atomic E-state index is 12.8. The van der Waals surface area contributed by atoms with Gasteiger partial charge in [0.05, 0.1) is 30.1 Å². The van der Waals surface area contributed by atoms with Crippen molar-refractivity contribution in [3.8, 4) is 11.5 Å². The zero-order valence-electron chi connectivity index (χ0n) is 20.9. The minimum absolute atomic E-state index is 0.107. The van der Waals surface area contributed by atoms with Crippen molar-refractivity contribution < 1.29 is 29.3 Å². The first-order valence-electron chi connectivity index (χ1n) is 12.2. The van der Waals surface area contributed by atoms with Gasteiger partial charge in [-0.2, -0.15) is 0 Å². The molecule has 0 saturated heterocycles. The number of aliphatic imine (C=N–C) groups is 1. The van der Waals surface area contributed by atoms with Gasteiger partial charge in [-0.1, -0.05) is 22.4 Å². The molecule has 1 atom stereocenters. The molecule has 38 heavy (non-hydrogen) atoms. The molecule has 3 rings (SSSR count). The second-order valence-electron chi connectivity index (χ2n) is 8.67. The van der Waals surface area contributed by atoms with E-state index in [0.29, 0.717) is 20.2 Å². The number of anilines is 1. The van der Waals surface area contributed by atoms with Gasteiger partial charge in [0, 0.05) is 40.3 Å². The summed E-state index contributed by atoms with van der Waals surface area (Å²) in [5, 5.41) is 29.0. The third-order valence-electron chi connectivity index (χ3n) is 5.70. The average molecular weight is 654 g/mol. The van der Waals surface area contributed by atoms with E-state index in [-0.39, 0.29) is 30.1 Å². The van der Waals surface area contributed by atoms with Crippen LogP contribution < -0.4 is 16.0 Å². The number of hydrogen-bond donors (Lipinski definition) is 5. The standard InChI is InChI=1S/C26H30Br2N4O6/c1-2-38-24(35)13-21(19-10-16(27)11-20(28)25(19)36)32-23(34)14-30-26(37)15-8-17(12-18(33)9-15)31-22-6-4-3-5-7-29-22/h8-12,21,33,36H,2-7,13-14H2,1H3,(H,29,31)(H,30,37)(H,32,34)/t21-/m1/s1. The lowest BCUT2D eigenvalue weighted by Crippen LogP contribution is -2.39. The van der Waals surface area contributed by atoms with Gasteiger partial charge in [-0.15, -0.1) is 0 Å². The molecule has 1 aliphatic heterocycles. The molecule has 0 fully saturated rings. The highest BCUT2D eigenvalue weighted by molar-refractivity contribution is 9.11.